The predicted molar refractivity (Wildman–Crippen MR) is 88.0 cm³/mol. The number of rotatable bonds is 5. The minimum Gasteiger partial charge on any atom is -0.437 e. The van der Waals surface area contributed by atoms with E-state index in [4.69, 9.17) is 10.2 Å². The van der Waals surface area contributed by atoms with Gasteiger partial charge in [-0.25, -0.2) is 15.0 Å². The molecule has 0 aromatic carbocycles. The topological polar surface area (TPSA) is 120 Å². The van der Waals surface area contributed by atoms with Crippen molar-refractivity contribution in [2.75, 3.05) is 5.73 Å². The molecule has 0 saturated heterocycles. The lowest BCUT2D eigenvalue weighted by Crippen LogP contribution is -2.25. The Balaban J connectivity index is 1.71. The van der Waals surface area contributed by atoms with E-state index in [0.29, 0.717) is 23.0 Å². The van der Waals surface area contributed by atoms with Crippen LogP contribution < -0.4 is 11.1 Å². The maximum atomic E-state index is 12.3. The van der Waals surface area contributed by atoms with E-state index in [9.17, 15) is 4.79 Å². The zero-order valence-corrected chi connectivity index (χ0v) is 13.5. The van der Waals surface area contributed by atoms with Gasteiger partial charge in [0.1, 0.15) is 5.69 Å². The van der Waals surface area contributed by atoms with Gasteiger partial charge in [0.05, 0.1) is 6.54 Å². The molecule has 0 fully saturated rings. The standard InChI is InChI=1S/C16H18N6O2/c1-9(2)6-10-7-11(21-16(17)20-10)15(23)19-8-13-22-14-12(24-13)4-3-5-18-14/h3-5,7,9H,6,8H2,1-2H3,(H,19,23)(H2,17,20,21). The summed E-state index contributed by atoms with van der Waals surface area (Å²) in [4.78, 5) is 28.7. The number of oxazole rings is 1. The predicted octanol–water partition coefficient (Wildman–Crippen LogP) is 1.72. The highest BCUT2D eigenvalue weighted by Crippen LogP contribution is 2.12. The first-order valence-corrected chi connectivity index (χ1v) is 7.63. The Morgan fingerprint density at radius 3 is 2.92 bits per heavy atom. The Kier molecular flexibility index (Phi) is 4.37. The fraction of sp³-hybridized carbons (Fsp3) is 0.312. The van der Waals surface area contributed by atoms with Crippen molar-refractivity contribution in [3.8, 4) is 0 Å². The number of fused-ring (bicyclic) bond motifs is 1. The molecule has 1 amide bonds. The lowest BCUT2D eigenvalue weighted by atomic mass is 10.1. The van der Waals surface area contributed by atoms with Crippen molar-refractivity contribution in [2.24, 2.45) is 5.92 Å². The van der Waals surface area contributed by atoms with Gasteiger partial charge in [-0.3, -0.25) is 4.79 Å². The van der Waals surface area contributed by atoms with Crippen LogP contribution in [-0.4, -0.2) is 25.8 Å². The second kappa shape index (κ2) is 6.61. The molecular formula is C16H18N6O2. The molecule has 3 rings (SSSR count). The first kappa shape index (κ1) is 15.9. The van der Waals surface area contributed by atoms with Gasteiger partial charge in [0.25, 0.3) is 5.91 Å². The van der Waals surface area contributed by atoms with Gasteiger partial charge in [-0.15, -0.1) is 0 Å². The average molecular weight is 326 g/mol. The molecule has 3 heterocycles. The van der Waals surface area contributed by atoms with E-state index < -0.39 is 0 Å². The van der Waals surface area contributed by atoms with Crippen LogP contribution in [0.3, 0.4) is 0 Å². The van der Waals surface area contributed by atoms with Crippen LogP contribution in [0.25, 0.3) is 11.2 Å². The van der Waals surface area contributed by atoms with Crippen LogP contribution in [0.1, 0.15) is 35.9 Å². The summed E-state index contributed by atoms with van der Waals surface area (Å²) in [5.74, 6) is 0.512. The van der Waals surface area contributed by atoms with Gasteiger partial charge < -0.3 is 15.5 Å². The molecule has 0 aliphatic rings. The number of carbonyl (C=O) groups is 1. The number of nitrogen functional groups attached to an aromatic ring is 1. The Hall–Kier alpha value is -3.03. The summed E-state index contributed by atoms with van der Waals surface area (Å²) in [5.41, 5.74) is 7.75. The Morgan fingerprint density at radius 1 is 1.33 bits per heavy atom. The van der Waals surface area contributed by atoms with Crippen LogP contribution in [0.5, 0.6) is 0 Å². The molecule has 8 nitrogen and oxygen atoms in total. The average Bonchev–Trinajstić information content (AvgIpc) is 2.94. The number of nitrogens with one attached hydrogen (secondary N) is 1. The van der Waals surface area contributed by atoms with Crippen molar-refractivity contribution in [3.05, 3.63) is 41.7 Å². The number of aromatic nitrogens is 4. The second-order valence-corrected chi connectivity index (χ2v) is 5.82. The van der Waals surface area contributed by atoms with E-state index in [1.54, 1.807) is 24.4 Å². The van der Waals surface area contributed by atoms with Gasteiger partial charge in [-0.05, 0) is 30.5 Å². The second-order valence-electron chi connectivity index (χ2n) is 5.82. The fourth-order valence-electron chi connectivity index (χ4n) is 2.29. The summed E-state index contributed by atoms with van der Waals surface area (Å²) in [7, 11) is 0. The summed E-state index contributed by atoms with van der Waals surface area (Å²) < 4.78 is 5.51. The quantitative estimate of drug-likeness (QED) is 0.732. The zero-order valence-electron chi connectivity index (χ0n) is 13.5. The Bertz CT molecular complexity index is 841. The highest BCUT2D eigenvalue weighted by Gasteiger charge is 2.13. The van der Waals surface area contributed by atoms with Crippen LogP contribution >= 0.6 is 0 Å². The summed E-state index contributed by atoms with van der Waals surface area (Å²) in [6.45, 7) is 4.28. The molecule has 3 N–H and O–H groups in total. The van der Waals surface area contributed by atoms with Crippen LogP contribution in [0.15, 0.2) is 28.8 Å². The van der Waals surface area contributed by atoms with Crippen LogP contribution in [0.4, 0.5) is 5.95 Å². The highest BCUT2D eigenvalue weighted by atomic mass is 16.3. The zero-order chi connectivity index (χ0) is 17.1. The molecule has 124 valence electrons. The molecular weight excluding hydrogens is 308 g/mol. The lowest BCUT2D eigenvalue weighted by Gasteiger charge is -2.07. The van der Waals surface area contributed by atoms with Crippen LogP contribution in [0.2, 0.25) is 0 Å². The smallest absolute Gasteiger partial charge is 0.270 e. The number of carbonyl (C=O) groups excluding carboxylic acids is 1. The molecule has 3 aromatic rings. The van der Waals surface area contributed by atoms with Gasteiger partial charge in [-0.2, -0.15) is 4.98 Å². The van der Waals surface area contributed by atoms with Crippen LogP contribution in [-0.2, 0) is 13.0 Å². The van der Waals surface area contributed by atoms with Crippen LogP contribution in [0, 0.1) is 5.92 Å². The van der Waals surface area contributed by atoms with Crippen molar-refractivity contribution in [2.45, 2.75) is 26.8 Å². The summed E-state index contributed by atoms with van der Waals surface area (Å²) in [6, 6.07) is 5.18. The first-order chi connectivity index (χ1) is 11.5. The molecule has 0 aliphatic carbocycles. The number of anilines is 1. The third-order valence-electron chi connectivity index (χ3n) is 3.26. The number of nitrogens with two attached hydrogens (primary N) is 1. The maximum absolute atomic E-state index is 12.3. The minimum atomic E-state index is -0.357. The SMILES string of the molecule is CC(C)Cc1cc(C(=O)NCc2nc3ncccc3o2)nc(N)n1. The Morgan fingerprint density at radius 2 is 2.17 bits per heavy atom. The van der Waals surface area contributed by atoms with Gasteiger partial charge in [-0.1, -0.05) is 13.8 Å². The normalized spacial score (nSPS) is 11.1. The van der Waals surface area contributed by atoms with E-state index >= 15 is 0 Å². The van der Waals surface area contributed by atoms with E-state index in [1.165, 1.54) is 0 Å². The molecule has 0 radical (unpaired) electrons. The van der Waals surface area contributed by atoms with E-state index in [-0.39, 0.29) is 24.1 Å². The molecule has 0 aliphatic heterocycles. The fourth-order valence-corrected chi connectivity index (χ4v) is 2.29. The van der Waals surface area contributed by atoms with Gasteiger partial charge in [0, 0.05) is 11.9 Å². The monoisotopic (exact) mass is 326 g/mol. The first-order valence-electron chi connectivity index (χ1n) is 7.63. The van der Waals surface area contributed by atoms with Crippen molar-refractivity contribution in [1.29, 1.82) is 0 Å². The number of nitrogens with zero attached hydrogens (tertiary/aromatic N) is 4. The van der Waals surface area contributed by atoms with Crippen molar-refractivity contribution < 1.29 is 9.21 Å². The molecule has 0 saturated carbocycles. The lowest BCUT2D eigenvalue weighted by molar-refractivity contribution is 0.0942. The van der Waals surface area contributed by atoms with E-state index in [2.05, 4.69) is 39.1 Å². The van der Waals surface area contributed by atoms with Gasteiger partial charge in [0.15, 0.2) is 11.2 Å². The molecule has 0 unspecified atom stereocenters. The third kappa shape index (κ3) is 3.65. The third-order valence-corrected chi connectivity index (χ3v) is 3.26. The summed E-state index contributed by atoms with van der Waals surface area (Å²) in [5, 5.41) is 2.72. The number of hydrogen-bond acceptors (Lipinski definition) is 7. The molecule has 0 atom stereocenters. The number of amides is 1. The van der Waals surface area contributed by atoms with Crippen molar-refractivity contribution in [1.82, 2.24) is 25.3 Å². The molecule has 24 heavy (non-hydrogen) atoms. The largest absolute Gasteiger partial charge is 0.437 e. The van der Waals surface area contributed by atoms with Gasteiger partial charge in [0.2, 0.25) is 11.8 Å². The summed E-state index contributed by atoms with van der Waals surface area (Å²) in [6.07, 6.45) is 2.36. The maximum Gasteiger partial charge on any atom is 0.270 e. The Labute approximate surface area is 138 Å². The molecule has 8 heteroatoms. The van der Waals surface area contributed by atoms with Crippen molar-refractivity contribution >= 4 is 23.1 Å². The van der Waals surface area contributed by atoms with Gasteiger partial charge >= 0.3 is 0 Å². The van der Waals surface area contributed by atoms with Crippen molar-refractivity contribution in [3.63, 3.8) is 0 Å². The number of pyridine rings is 1. The summed E-state index contributed by atoms with van der Waals surface area (Å²) >= 11 is 0. The van der Waals surface area contributed by atoms with E-state index in [0.717, 1.165) is 12.1 Å². The molecule has 0 spiro atoms. The molecule has 0 bridgehead atoms. The van der Waals surface area contributed by atoms with E-state index in [1.807, 2.05) is 0 Å². The minimum absolute atomic E-state index is 0.0874. The number of hydrogen-bond donors (Lipinski definition) is 2. The molecule has 3 aromatic heterocycles. The highest BCUT2D eigenvalue weighted by molar-refractivity contribution is 5.92.